The molecule has 4 aliphatic carbocycles. The molecule has 21 nitrogen and oxygen atoms in total. The molecule has 4 N–H and O–H groups in total. The largest absolute Gasteiger partial charge is 0.458 e. The Morgan fingerprint density at radius 2 is 1.22 bits per heavy atom. The number of aliphatic hydroxyl groups is 4. The zero-order valence-corrected chi connectivity index (χ0v) is 51.0. The number of esters is 2. The number of carbonyl (C=O) groups is 2. The summed E-state index contributed by atoms with van der Waals surface area (Å²) < 4.78 is 88.0. The number of aromatic nitrogens is 1. The van der Waals surface area contributed by atoms with Crippen LogP contribution in [-0.2, 0) is 71.1 Å². The quantitative estimate of drug-likeness (QED) is 0.0727. The van der Waals surface area contributed by atoms with E-state index in [-0.39, 0.29) is 43.5 Å². The van der Waals surface area contributed by atoms with E-state index < -0.39 is 150 Å². The van der Waals surface area contributed by atoms with Crippen LogP contribution in [0.5, 0.6) is 0 Å². The number of carbonyl (C=O) groups excluding carboxylic acids is 2. The number of hydrogen-bond acceptors (Lipinski definition) is 21. The van der Waals surface area contributed by atoms with Crippen LogP contribution >= 0.6 is 0 Å². The number of pyridine rings is 1. The Morgan fingerprint density at radius 3 is 1.76 bits per heavy atom. The van der Waals surface area contributed by atoms with Gasteiger partial charge in [0.2, 0.25) is 0 Å². The molecular weight excluding hydrogens is 1100 g/mol. The van der Waals surface area contributed by atoms with Crippen molar-refractivity contribution >= 4 is 18.0 Å². The highest BCUT2D eigenvalue weighted by Gasteiger charge is 2.81. The van der Waals surface area contributed by atoms with E-state index in [0.717, 1.165) is 11.1 Å². The molecule has 25 atom stereocenters. The van der Waals surface area contributed by atoms with E-state index in [0.29, 0.717) is 44.9 Å². The van der Waals surface area contributed by atoms with Crippen molar-refractivity contribution in [1.82, 2.24) is 4.98 Å². The second-order valence-corrected chi connectivity index (χ2v) is 25.4. The molecule has 8 aliphatic rings. The van der Waals surface area contributed by atoms with Crippen LogP contribution in [0.25, 0.3) is 6.08 Å². The lowest BCUT2D eigenvalue weighted by Gasteiger charge is -2.67. The van der Waals surface area contributed by atoms with Gasteiger partial charge in [0.25, 0.3) is 0 Å². The first-order valence-corrected chi connectivity index (χ1v) is 30.5. The second-order valence-electron chi connectivity index (χ2n) is 25.4. The van der Waals surface area contributed by atoms with Gasteiger partial charge in [-0.15, -0.1) is 0 Å². The van der Waals surface area contributed by atoms with Crippen molar-refractivity contribution in [2.45, 2.75) is 253 Å². The number of benzene rings is 1. The Bertz CT molecular complexity index is 2650. The molecule has 1 aromatic heterocycles. The predicted molar refractivity (Wildman–Crippen MR) is 304 cm³/mol. The molecule has 0 amide bonds. The van der Waals surface area contributed by atoms with Crippen LogP contribution in [0.2, 0.25) is 0 Å². The molecule has 7 fully saturated rings. The lowest BCUT2D eigenvalue weighted by Crippen LogP contribution is -2.78. The average Bonchev–Trinajstić information content (AvgIpc) is 1.62. The molecule has 10 rings (SSSR count). The van der Waals surface area contributed by atoms with Crippen molar-refractivity contribution in [3.8, 4) is 0 Å². The third-order valence-corrected chi connectivity index (χ3v) is 20.9. The van der Waals surface area contributed by atoms with Gasteiger partial charge in [-0.2, -0.15) is 0 Å². The van der Waals surface area contributed by atoms with Gasteiger partial charge in [0.15, 0.2) is 25.2 Å². The summed E-state index contributed by atoms with van der Waals surface area (Å²) in [5.41, 5.74) is -6.12. The highest BCUT2D eigenvalue weighted by molar-refractivity contribution is 5.89. The zero-order valence-electron chi connectivity index (χ0n) is 51.0. The Balaban J connectivity index is 0.776. The van der Waals surface area contributed by atoms with Gasteiger partial charge in [0.1, 0.15) is 53.4 Å². The molecule has 0 spiro atoms. The minimum atomic E-state index is -2.01. The summed E-state index contributed by atoms with van der Waals surface area (Å²) >= 11 is 0. The number of nitrogens with zero attached hydrogens (tertiary/aromatic N) is 1. The van der Waals surface area contributed by atoms with Gasteiger partial charge in [0.05, 0.1) is 65.9 Å². The lowest BCUT2D eigenvalue weighted by atomic mass is 9.42. The van der Waals surface area contributed by atoms with Gasteiger partial charge in [-0.3, -0.25) is 4.98 Å². The van der Waals surface area contributed by atoms with Crippen LogP contribution in [0.1, 0.15) is 135 Å². The molecule has 1 aromatic carbocycles. The monoisotopic (exact) mass is 1190 g/mol. The van der Waals surface area contributed by atoms with Gasteiger partial charge in [-0.25, -0.2) is 9.59 Å². The first-order chi connectivity index (χ1) is 40.5. The summed E-state index contributed by atoms with van der Waals surface area (Å²) in [7, 11) is 6.48. The Kier molecular flexibility index (Phi) is 19.6. The minimum Gasteiger partial charge on any atom is -0.458 e. The van der Waals surface area contributed by atoms with E-state index in [1.165, 1.54) is 18.5 Å². The summed E-state index contributed by atoms with van der Waals surface area (Å²) in [6.07, 6.45) is 0.219. The van der Waals surface area contributed by atoms with E-state index in [1.807, 2.05) is 57.2 Å². The highest BCUT2D eigenvalue weighted by atomic mass is 16.8. The molecule has 0 bridgehead atoms. The van der Waals surface area contributed by atoms with Crippen molar-refractivity contribution in [1.29, 1.82) is 0 Å². The number of methoxy groups -OCH3 is 4. The molecule has 4 aliphatic heterocycles. The van der Waals surface area contributed by atoms with Gasteiger partial charge >= 0.3 is 11.9 Å². The summed E-state index contributed by atoms with van der Waals surface area (Å²) in [5.74, 6) is -2.01. The fraction of sp³-hybridized carbons (Fsp3) is 0.734. The molecule has 5 heterocycles. The molecule has 85 heavy (non-hydrogen) atoms. The van der Waals surface area contributed by atoms with E-state index in [2.05, 4.69) is 11.9 Å². The van der Waals surface area contributed by atoms with Gasteiger partial charge in [-0.05, 0) is 109 Å². The highest BCUT2D eigenvalue weighted by Crippen LogP contribution is 2.71. The summed E-state index contributed by atoms with van der Waals surface area (Å²) in [6, 6.07) is 12.5. The van der Waals surface area contributed by atoms with Crippen LogP contribution in [0.15, 0.2) is 72.6 Å². The molecule has 2 aromatic rings. The van der Waals surface area contributed by atoms with E-state index in [1.54, 1.807) is 67.4 Å². The SMILES string of the molecule is CO[C@H]1C[C@H](O[C@@H]2[C@@H](C)O[C@@H](O[C@H]3[C@@H](OC)C[C@H](O[C@H]4[C@@H](OC)C[C@H](O[C@H]5CC[C@@]6(C)C(=CC[C@]7(O)[C@@H]6C[C@@H](OC(=O)C=Cc6ccccc6)[C@@]6(C)[C@]7(O)CC[C@@]6(O)[C@H](C)OC(=O)c6cccnc6)C5)O[C@@H]4C)O[C@@H]3C)C[C@H]2OC)O[C@H](C)[C@H]1O. The number of rotatable bonds is 18. The number of aliphatic hydroxyl groups excluding tert-OH is 1. The molecule has 0 unspecified atom stereocenters. The van der Waals surface area contributed by atoms with Crippen LogP contribution < -0.4 is 0 Å². The molecule has 21 heteroatoms. The van der Waals surface area contributed by atoms with Crippen LogP contribution in [0, 0.1) is 16.7 Å². The summed E-state index contributed by atoms with van der Waals surface area (Å²) in [6.45, 7) is 12.9. The van der Waals surface area contributed by atoms with Crippen molar-refractivity contribution in [3.05, 3.63) is 83.7 Å². The summed E-state index contributed by atoms with van der Waals surface area (Å²) in [4.78, 5) is 31.5. The van der Waals surface area contributed by atoms with Gasteiger partial charge in [-0.1, -0.05) is 55.8 Å². The van der Waals surface area contributed by atoms with E-state index >= 15 is 0 Å². The smallest absolute Gasteiger partial charge is 0.340 e. The van der Waals surface area contributed by atoms with Gasteiger partial charge in [0, 0.05) is 78.5 Å². The summed E-state index contributed by atoms with van der Waals surface area (Å²) in [5, 5.41) is 50.3. The van der Waals surface area contributed by atoms with Crippen molar-refractivity contribution in [2.24, 2.45) is 16.7 Å². The maximum Gasteiger partial charge on any atom is 0.340 e. The normalized spacial score (nSPS) is 45.0. The zero-order chi connectivity index (χ0) is 60.8. The number of ether oxygens (including phenoxy) is 14. The first kappa shape index (κ1) is 64.1. The maximum atomic E-state index is 14.0. The van der Waals surface area contributed by atoms with Crippen LogP contribution in [0.4, 0.5) is 0 Å². The number of hydrogen-bond donors (Lipinski definition) is 4. The van der Waals surface area contributed by atoms with Crippen LogP contribution in [0.3, 0.4) is 0 Å². The second kappa shape index (κ2) is 25.9. The fourth-order valence-electron chi connectivity index (χ4n) is 15.9. The molecule has 0 radical (unpaired) electrons. The molecule has 472 valence electrons. The Hall–Kier alpha value is -3.85. The van der Waals surface area contributed by atoms with Crippen molar-refractivity contribution in [3.63, 3.8) is 0 Å². The van der Waals surface area contributed by atoms with E-state index in [4.69, 9.17) is 66.3 Å². The molecular formula is C64H91NO20. The van der Waals surface area contributed by atoms with Gasteiger partial charge < -0.3 is 86.7 Å². The average molecular weight is 1190 g/mol. The van der Waals surface area contributed by atoms with Crippen molar-refractivity contribution < 1.29 is 96.3 Å². The molecule has 4 saturated heterocycles. The molecule has 3 saturated carbocycles. The topological polar surface area (TPSA) is 257 Å². The third-order valence-electron chi connectivity index (χ3n) is 20.9. The van der Waals surface area contributed by atoms with Crippen LogP contribution in [-0.4, -0.2) is 199 Å². The van der Waals surface area contributed by atoms with E-state index in [9.17, 15) is 30.0 Å². The van der Waals surface area contributed by atoms with Crippen molar-refractivity contribution in [2.75, 3.05) is 28.4 Å². The fourth-order valence-corrected chi connectivity index (χ4v) is 15.9. The number of fused-ring (bicyclic) bond motifs is 5. The standard InChI is InChI=1S/C64H91NO20/c1-35-55(67)44(72-8)29-52(76-35)83-57-37(3)78-54(31-46(57)74-10)85-58-38(4)79-53(32-47(58)75-11)84-56-36(2)77-51(30-45(56)73-9)81-43-22-23-60(6)42(28-43)21-24-63(70)48(60)33-49(82-50(66)20-19-40-16-13-12-14-17-40)61(7)62(69,25-26-64(61,63)71)39(5)80-59(68)41-18-15-27-65-34-41/h12-21,27,34-39,43-49,51-58,67,69-71H,22-26,28-33H2,1-11H3/t35-,36-,37-,38-,39+,43+,44+,45+,46-,47+,48-,49-,51+,52+,53+,54+,55-,56-,57-,58-,60+,61-,62-,63+,64-/m1/s1. The lowest BCUT2D eigenvalue weighted by molar-refractivity contribution is -0.347. The maximum absolute atomic E-state index is 14.0. The predicted octanol–water partition coefficient (Wildman–Crippen LogP) is 6.29. The third kappa shape index (κ3) is 12.1. The Labute approximate surface area is 499 Å². The minimum absolute atomic E-state index is 0.0516. The first-order valence-electron chi connectivity index (χ1n) is 30.5. The Morgan fingerprint density at radius 1 is 0.682 bits per heavy atom.